The van der Waals surface area contributed by atoms with E-state index in [-0.39, 0.29) is 0 Å². The van der Waals surface area contributed by atoms with Gasteiger partial charge < -0.3 is 5.32 Å². The first-order valence-corrected chi connectivity index (χ1v) is 7.01. The van der Waals surface area contributed by atoms with Gasteiger partial charge in [-0.25, -0.2) is 0 Å². The zero-order chi connectivity index (χ0) is 12.5. The van der Waals surface area contributed by atoms with Gasteiger partial charge in [0.15, 0.2) is 0 Å². The zero-order valence-electron chi connectivity index (χ0n) is 10.9. The summed E-state index contributed by atoms with van der Waals surface area (Å²) in [7, 11) is 0. The Morgan fingerprint density at radius 3 is 2.89 bits per heavy atom. The average molecular weight is 240 g/mol. The summed E-state index contributed by atoms with van der Waals surface area (Å²) < 4.78 is 0. The molecule has 2 aliphatic carbocycles. The van der Waals surface area contributed by atoms with Crippen LogP contribution < -0.4 is 5.32 Å². The van der Waals surface area contributed by atoms with Gasteiger partial charge in [0.1, 0.15) is 6.07 Å². The lowest BCUT2D eigenvalue weighted by Crippen LogP contribution is -2.20. The summed E-state index contributed by atoms with van der Waals surface area (Å²) in [5.41, 5.74) is 2.89. The molecule has 2 fully saturated rings. The lowest BCUT2D eigenvalue weighted by molar-refractivity contribution is 0.348. The molecule has 2 nitrogen and oxygen atoms in total. The van der Waals surface area contributed by atoms with Crippen molar-refractivity contribution in [2.45, 2.75) is 32.6 Å². The Balaban J connectivity index is 1.67. The monoisotopic (exact) mass is 240 g/mol. The molecule has 0 saturated heterocycles. The Morgan fingerprint density at radius 2 is 2.22 bits per heavy atom. The van der Waals surface area contributed by atoms with Gasteiger partial charge in [-0.05, 0) is 55.6 Å². The van der Waals surface area contributed by atoms with Crippen LogP contribution in [0.2, 0.25) is 0 Å². The molecule has 2 saturated carbocycles. The molecule has 0 radical (unpaired) electrons. The molecule has 3 unspecified atom stereocenters. The Bertz CT molecular complexity index is 486. The molecule has 18 heavy (non-hydrogen) atoms. The topological polar surface area (TPSA) is 35.8 Å². The van der Waals surface area contributed by atoms with E-state index < -0.39 is 0 Å². The van der Waals surface area contributed by atoms with Gasteiger partial charge in [-0.3, -0.25) is 0 Å². The predicted octanol–water partition coefficient (Wildman–Crippen LogP) is 3.71. The first-order chi connectivity index (χ1) is 8.78. The Hall–Kier alpha value is -1.49. The number of nitriles is 1. The predicted molar refractivity (Wildman–Crippen MR) is 73.3 cm³/mol. The van der Waals surface area contributed by atoms with Crippen molar-refractivity contribution in [2.75, 3.05) is 11.9 Å². The van der Waals surface area contributed by atoms with Crippen molar-refractivity contribution >= 4 is 5.69 Å². The summed E-state index contributed by atoms with van der Waals surface area (Å²) in [4.78, 5) is 0. The summed E-state index contributed by atoms with van der Waals surface area (Å²) in [5.74, 6) is 2.77. The largest absolute Gasteiger partial charge is 0.384 e. The van der Waals surface area contributed by atoms with Crippen LogP contribution in [0.4, 0.5) is 5.69 Å². The fraction of sp³-hybridized carbons (Fsp3) is 0.562. The lowest BCUT2D eigenvalue weighted by atomic mass is 9.89. The molecule has 2 bridgehead atoms. The molecular weight excluding hydrogens is 220 g/mol. The highest BCUT2D eigenvalue weighted by atomic mass is 14.9. The Morgan fingerprint density at radius 1 is 1.33 bits per heavy atom. The van der Waals surface area contributed by atoms with E-state index >= 15 is 0 Å². The van der Waals surface area contributed by atoms with Crippen molar-refractivity contribution in [3.8, 4) is 6.07 Å². The second kappa shape index (κ2) is 4.65. The van der Waals surface area contributed by atoms with Crippen molar-refractivity contribution in [3.63, 3.8) is 0 Å². The fourth-order valence-corrected chi connectivity index (χ4v) is 3.83. The zero-order valence-corrected chi connectivity index (χ0v) is 10.9. The number of anilines is 1. The number of hydrogen-bond donors (Lipinski definition) is 1. The molecule has 1 aromatic rings. The maximum atomic E-state index is 9.21. The van der Waals surface area contributed by atoms with E-state index in [0.717, 1.165) is 41.1 Å². The van der Waals surface area contributed by atoms with Crippen molar-refractivity contribution in [3.05, 3.63) is 29.3 Å². The van der Waals surface area contributed by atoms with Gasteiger partial charge in [0.2, 0.25) is 0 Å². The molecule has 3 rings (SSSR count). The van der Waals surface area contributed by atoms with E-state index in [1.807, 2.05) is 25.1 Å². The van der Waals surface area contributed by atoms with Crippen molar-refractivity contribution in [1.29, 1.82) is 5.26 Å². The van der Waals surface area contributed by atoms with E-state index in [4.69, 9.17) is 0 Å². The van der Waals surface area contributed by atoms with Crippen LogP contribution in [0.25, 0.3) is 0 Å². The second-order valence-electron chi connectivity index (χ2n) is 5.93. The quantitative estimate of drug-likeness (QED) is 0.874. The lowest BCUT2D eigenvalue weighted by Gasteiger charge is -2.22. The maximum absolute atomic E-state index is 9.21. The molecule has 0 aromatic heterocycles. The molecule has 1 N–H and O–H groups in total. The van der Waals surface area contributed by atoms with E-state index in [1.54, 1.807) is 0 Å². The van der Waals surface area contributed by atoms with Crippen molar-refractivity contribution in [1.82, 2.24) is 0 Å². The minimum atomic E-state index is 0.806. The molecule has 2 heteroatoms. The van der Waals surface area contributed by atoms with Crippen LogP contribution in [0, 0.1) is 36.0 Å². The number of fused-ring (bicyclic) bond motifs is 2. The molecule has 94 valence electrons. The summed E-state index contributed by atoms with van der Waals surface area (Å²) >= 11 is 0. The second-order valence-corrected chi connectivity index (χ2v) is 5.93. The van der Waals surface area contributed by atoms with Crippen LogP contribution in [0.5, 0.6) is 0 Å². The molecule has 0 amide bonds. The van der Waals surface area contributed by atoms with E-state index in [2.05, 4.69) is 11.4 Å². The summed E-state index contributed by atoms with van der Waals surface area (Å²) in [6.45, 7) is 3.04. The number of benzene rings is 1. The Kier molecular flexibility index (Phi) is 2.99. The summed E-state index contributed by atoms with van der Waals surface area (Å²) in [6.07, 6.45) is 5.72. The minimum absolute atomic E-state index is 0.806. The standard InChI is InChI=1S/C16H20N2/c1-11-3-2-4-16(15(11)9-17)18-10-14-8-12-5-6-13(14)7-12/h2-4,12-14,18H,5-8,10H2,1H3. The number of nitrogens with one attached hydrogen (secondary N) is 1. The SMILES string of the molecule is Cc1cccc(NCC2CC3CCC2C3)c1C#N. The molecule has 0 spiro atoms. The molecule has 1 aromatic carbocycles. The maximum Gasteiger partial charge on any atom is 0.102 e. The van der Waals surface area contributed by atoms with Crippen molar-refractivity contribution < 1.29 is 0 Å². The fourth-order valence-electron chi connectivity index (χ4n) is 3.83. The smallest absolute Gasteiger partial charge is 0.102 e. The molecule has 2 aliphatic rings. The molecule has 3 atom stereocenters. The van der Waals surface area contributed by atoms with E-state index in [0.29, 0.717) is 0 Å². The Labute approximate surface area is 109 Å². The van der Waals surface area contributed by atoms with Crippen LogP contribution in [0.15, 0.2) is 18.2 Å². The first kappa shape index (κ1) is 11.6. The van der Waals surface area contributed by atoms with Gasteiger partial charge in [0.05, 0.1) is 11.3 Å². The van der Waals surface area contributed by atoms with E-state index in [1.165, 1.54) is 25.7 Å². The molecule has 0 heterocycles. The number of hydrogen-bond acceptors (Lipinski definition) is 2. The van der Waals surface area contributed by atoms with Crippen LogP contribution in [-0.4, -0.2) is 6.54 Å². The summed E-state index contributed by atoms with van der Waals surface area (Å²) in [6, 6.07) is 8.37. The van der Waals surface area contributed by atoms with Gasteiger partial charge >= 0.3 is 0 Å². The third-order valence-corrected chi connectivity index (χ3v) is 4.82. The number of rotatable bonds is 3. The highest BCUT2D eigenvalue weighted by Gasteiger charge is 2.39. The highest BCUT2D eigenvalue weighted by molar-refractivity contribution is 5.60. The van der Waals surface area contributed by atoms with Gasteiger partial charge in [-0.2, -0.15) is 5.26 Å². The number of aryl methyl sites for hydroxylation is 1. The molecule has 0 aliphatic heterocycles. The normalized spacial score (nSPS) is 29.2. The van der Waals surface area contributed by atoms with Gasteiger partial charge in [-0.1, -0.05) is 18.6 Å². The molecular formula is C16H20N2. The van der Waals surface area contributed by atoms with Crippen molar-refractivity contribution in [2.24, 2.45) is 17.8 Å². The van der Waals surface area contributed by atoms with Crippen LogP contribution >= 0.6 is 0 Å². The van der Waals surface area contributed by atoms with Crippen LogP contribution in [0.1, 0.15) is 36.8 Å². The first-order valence-electron chi connectivity index (χ1n) is 7.01. The third kappa shape index (κ3) is 1.99. The highest BCUT2D eigenvalue weighted by Crippen LogP contribution is 2.48. The number of nitrogens with zero attached hydrogens (tertiary/aromatic N) is 1. The summed E-state index contributed by atoms with van der Waals surface area (Å²) in [5, 5.41) is 12.7. The van der Waals surface area contributed by atoms with Gasteiger partial charge in [-0.15, -0.1) is 0 Å². The average Bonchev–Trinajstić information content (AvgIpc) is 2.98. The van der Waals surface area contributed by atoms with Gasteiger partial charge in [0.25, 0.3) is 0 Å². The van der Waals surface area contributed by atoms with Crippen LogP contribution in [0.3, 0.4) is 0 Å². The van der Waals surface area contributed by atoms with E-state index in [9.17, 15) is 5.26 Å². The van der Waals surface area contributed by atoms with Crippen LogP contribution in [-0.2, 0) is 0 Å². The van der Waals surface area contributed by atoms with Gasteiger partial charge in [0, 0.05) is 6.54 Å². The third-order valence-electron chi connectivity index (χ3n) is 4.82. The minimum Gasteiger partial charge on any atom is -0.384 e.